The van der Waals surface area contributed by atoms with Gasteiger partial charge in [-0.15, -0.1) is 0 Å². The SMILES string of the molecule is CS(=O)(=O)Nc1ccc(C(=O)OCC(=O)OC(Cc2c(Cl)c[nH+]cc2Cl)c2ccc(OC(F)F)c(OCC3CC3)c2)cc1OCC1CC1. The molecule has 48 heavy (non-hydrogen) atoms. The number of nitrogens with one attached hydrogen (secondary N) is 2. The number of H-pyrrole nitrogens is 1. The van der Waals surface area contributed by atoms with E-state index >= 15 is 0 Å². The molecule has 1 unspecified atom stereocenters. The Morgan fingerprint density at radius 1 is 0.938 bits per heavy atom. The number of ether oxygens (including phenoxy) is 5. The van der Waals surface area contributed by atoms with Crippen LogP contribution in [0.5, 0.6) is 17.2 Å². The van der Waals surface area contributed by atoms with Gasteiger partial charge in [0.15, 0.2) is 30.5 Å². The molecule has 0 spiro atoms. The van der Waals surface area contributed by atoms with E-state index in [1.54, 1.807) is 0 Å². The molecular weight excluding hydrogens is 697 g/mol. The van der Waals surface area contributed by atoms with E-state index in [1.165, 1.54) is 48.8 Å². The molecule has 2 aromatic carbocycles. The number of sulfonamides is 1. The molecule has 1 heterocycles. The molecular formula is C32H33Cl2F2N2O9S+. The normalized spacial score (nSPS) is 15.0. The van der Waals surface area contributed by atoms with Gasteiger partial charge in [-0.25, -0.2) is 23.0 Å². The number of hydrogen-bond donors (Lipinski definition) is 1. The maximum absolute atomic E-state index is 13.1. The number of alkyl halides is 2. The number of pyridine rings is 1. The molecule has 0 bridgehead atoms. The van der Waals surface area contributed by atoms with Gasteiger partial charge in [0, 0.05) is 12.0 Å². The second-order valence-electron chi connectivity index (χ2n) is 11.6. The van der Waals surface area contributed by atoms with E-state index in [-0.39, 0.29) is 45.0 Å². The monoisotopic (exact) mass is 729 g/mol. The summed E-state index contributed by atoms with van der Waals surface area (Å²) in [5, 5.41) is 0.512. The third-order valence-corrected chi connectivity index (χ3v) is 8.66. The zero-order valence-electron chi connectivity index (χ0n) is 25.7. The second kappa shape index (κ2) is 15.6. The van der Waals surface area contributed by atoms with Gasteiger partial charge in [0.2, 0.25) is 10.0 Å². The minimum absolute atomic E-state index is 0.00960. The molecule has 5 rings (SSSR count). The van der Waals surface area contributed by atoms with Gasteiger partial charge in [0.05, 0.1) is 30.7 Å². The van der Waals surface area contributed by atoms with Crippen LogP contribution < -0.4 is 23.9 Å². The molecule has 0 saturated heterocycles. The molecule has 2 aliphatic rings. The van der Waals surface area contributed by atoms with E-state index in [9.17, 15) is 26.8 Å². The Morgan fingerprint density at radius 3 is 2.19 bits per heavy atom. The summed E-state index contributed by atoms with van der Waals surface area (Å²) in [6.07, 6.45) is 6.78. The first-order valence-electron chi connectivity index (χ1n) is 15.0. The fourth-order valence-electron chi connectivity index (χ4n) is 4.55. The summed E-state index contributed by atoms with van der Waals surface area (Å²) in [5.41, 5.74) is 0.948. The van der Waals surface area contributed by atoms with E-state index in [2.05, 4.69) is 14.4 Å². The lowest BCUT2D eigenvalue weighted by Gasteiger charge is -2.21. The molecule has 2 aliphatic carbocycles. The quantitative estimate of drug-likeness (QED) is 0.165. The fourth-order valence-corrected chi connectivity index (χ4v) is 5.65. The molecule has 2 saturated carbocycles. The predicted molar refractivity (Wildman–Crippen MR) is 170 cm³/mol. The molecule has 258 valence electrons. The Bertz CT molecular complexity index is 1740. The first-order chi connectivity index (χ1) is 22.8. The lowest BCUT2D eigenvalue weighted by atomic mass is 10.0. The van der Waals surface area contributed by atoms with Gasteiger partial charge >= 0.3 is 18.6 Å². The van der Waals surface area contributed by atoms with Gasteiger partial charge in [-0.2, -0.15) is 8.78 Å². The average molecular weight is 731 g/mol. The summed E-state index contributed by atoms with van der Waals surface area (Å²) in [7, 11) is -3.63. The van der Waals surface area contributed by atoms with Crippen molar-refractivity contribution in [3.8, 4) is 17.2 Å². The van der Waals surface area contributed by atoms with Crippen molar-refractivity contribution >= 4 is 50.9 Å². The molecule has 2 fully saturated rings. The summed E-state index contributed by atoms with van der Waals surface area (Å²) in [5.74, 6) is -1.17. The topological polar surface area (TPSA) is 141 Å². The number of halogens is 4. The van der Waals surface area contributed by atoms with E-state index in [0.717, 1.165) is 31.9 Å². The van der Waals surface area contributed by atoms with Gasteiger partial charge in [-0.3, -0.25) is 4.72 Å². The Hall–Kier alpha value is -3.88. The Balaban J connectivity index is 1.32. The van der Waals surface area contributed by atoms with Crippen LogP contribution in [0.2, 0.25) is 10.0 Å². The molecule has 1 atom stereocenters. The predicted octanol–water partition coefficient (Wildman–Crippen LogP) is 6.04. The van der Waals surface area contributed by atoms with Crippen molar-refractivity contribution in [2.75, 3.05) is 30.8 Å². The van der Waals surface area contributed by atoms with Crippen LogP contribution >= 0.6 is 23.2 Å². The number of hydrogen-bond acceptors (Lipinski definition) is 9. The second-order valence-corrected chi connectivity index (χ2v) is 14.1. The van der Waals surface area contributed by atoms with Crippen LogP contribution in [0, 0.1) is 11.8 Å². The lowest BCUT2D eigenvalue weighted by Crippen LogP contribution is -2.21. The number of carbonyl (C=O) groups is 2. The van der Waals surface area contributed by atoms with Crippen molar-refractivity contribution in [2.24, 2.45) is 11.8 Å². The number of aromatic amines is 1. The number of benzene rings is 2. The first kappa shape index (κ1) is 35.4. The summed E-state index contributed by atoms with van der Waals surface area (Å²) < 4.78 is 79.4. The van der Waals surface area contributed by atoms with Crippen LogP contribution in [0.4, 0.5) is 14.5 Å². The summed E-state index contributed by atoms with van der Waals surface area (Å²) in [6.45, 7) is -3.23. The number of aromatic nitrogens is 1. The van der Waals surface area contributed by atoms with Crippen molar-refractivity contribution in [3.63, 3.8) is 0 Å². The highest BCUT2D eigenvalue weighted by Crippen LogP contribution is 2.38. The highest BCUT2D eigenvalue weighted by Gasteiger charge is 2.27. The molecule has 2 N–H and O–H groups in total. The van der Waals surface area contributed by atoms with Gasteiger partial charge in [-0.1, -0.05) is 29.3 Å². The maximum atomic E-state index is 13.1. The van der Waals surface area contributed by atoms with Crippen LogP contribution in [0.25, 0.3) is 0 Å². The smallest absolute Gasteiger partial charge is 0.387 e. The van der Waals surface area contributed by atoms with Crippen molar-refractivity contribution in [3.05, 3.63) is 75.5 Å². The van der Waals surface area contributed by atoms with E-state index in [0.29, 0.717) is 36.2 Å². The van der Waals surface area contributed by atoms with Crippen LogP contribution in [0.1, 0.15) is 53.3 Å². The van der Waals surface area contributed by atoms with Crippen molar-refractivity contribution < 1.29 is 55.5 Å². The molecule has 3 aromatic rings. The minimum atomic E-state index is -3.63. The maximum Gasteiger partial charge on any atom is 0.387 e. The van der Waals surface area contributed by atoms with E-state index in [1.807, 2.05) is 0 Å². The average Bonchev–Trinajstić information content (AvgIpc) is 3.95. The van der Waals surface area contributed by atoms with Gasteiger partial charge in [0.1, 0.15) is 21.9 Å². The zero-order valence-corrected chi connectivity index (χ0v) is 28.0. The zero-order chi connectivity index (χ0) is 34.4. The Labute approximate surface area is 285 Å². The highest BCUT2D eigenvalue weighted by atomic mass is 35.5. The number of esters is 2. The van der Waals surface area contributed by atoms with Crippen LogP contribution in [0.3, 0.4) is 0 Å². The number of anilines is 1. The summed E-state index contributed by atoms with van der Waals surface area (Å²) in [6, 6.07) is 8.20. The fraction of sp³-hybridized carbons (Fsp3) is 0.406. The highest BCUT2D eigenvalue weighted by molar-refractivity contribution is 7.92. The molecule has 16 heteroatoms. The van der Waals surface area contributed by atoms with Crippen LogP contribution in [-0.4, -0.2) is 53.0 Å². The van der Waals surface area contributed by atoms with Crippen molar-refractivity contribution in [2.45, 2.75) is 44.8 Å². The van der Waals surface area contributed by atoms with E-state index < -0.39 is 41.3 Å². The minimum Gasteiger partial charge on any atom is -0.491 e. The summed E-state index contributed by atoms with van der Waals surface area (Å²) in [4.78, 5) is 28.8. The molecule has 1 aromatic heterocycles. The molecule has 0 amide bonds. The Kier molecular flexibility index (Phi) is 11.5. The van der Waals surface area contributed by atoms with Gasteiger partial charge in [0.25, 0.3) is 0 Å². The molecule has 0 radical (unpaired) electrons. The van der Waals surface area contributed by atoms with Crippen molar-refractivity contribution in [1.82, 2.24) is 0 Å². The molecule has 0 aliphatic heterocycles. The third-order valence-electron chi connectivity index (χ3n) is 7.39. The number of carbonyl (C=O) groups excluding carboxylic acids is 2. The molecule has 11 nitrogen and oxygen atoms in total. The van der Waals surface area contributed by atoms with Crippen LogP contribution in [0.15, 0.2) is 48.8 Å². The van der Waals surface area contributed by atoms with Gasteiger partial charge < -0.3 is 23.7 Å². The van der Waals surface area contributed by atoms with Crippen LogP contribution in [-0.2, 0) is 30.7 Å². The first-order valence-corrected chi connectivity index (χ1v) is 17.7. The lowest BCUT2D eigenvalue weighted by molar-refractivity contribution is -0.377. The van der Waals surface area contributed by atoms with E-state index in [4.69, 9.17) is 42.1 Å². The van der Waals surface area contributed by atoms with Crippen molar-refractivity contribution in [1.29, 1.82) is 0 Å². The Morgan fingerprint density at radius 2 is 1.58 bits per heavy atom. The number of rotatable bonds is 17. The summed E-state index contributed by atoms with van der Waals surface area (Å²) >= 11 is 12.7. The standard InChI is InChI=1S/C32H32Cl2F2N2O9S/c1-48(41,42)38-25-8-6-21(11-28(25)43-15-18-2-3-18)31(40)45-17-30(39)46-27(12-22-23(33)13-37-14-24(22)34)20-7-9-26(47-32(35)36)29(10-20)44-16-19-4-5-19/h6-11,13-14,18-19,27,32,38H,2-5,12,15-17H2,1H3/p+1. The van der Waals surface area contributed by atoms with Gasteiger partial charge in [-0.05, 0) is 73.4 Å². The third kappa shape index (κ3) is 10.6. The largest absolute Gasteiger partial charge is 0.491 e.